The standard InChI is InChI=1S/C17H19BrN2/c18-17-9-5-4-6-15(17)14-19-10-12-20(13-11-19)16-7-2-1-3-8-16/h1-9H,10-14H2/p+1. The number of rotatable bonds is 3. The number of hydrogen-bond donors (Lipinski definition) is 1. The third-order valence-corrected chi connectivity index (χ3v) is 4.76. The summed E-state index contributed by atoms with van der Waals surface area (Å²) in [6.45, 7) is 5.81. The molecule has 0 spiro atoms. The summed E-state index contributed by atoms with van der Waals surface area (Å²) < 4.78 is 1.23. The van der Waals surface area contributed by atoms with E-state index in [9.17, 15) is 0 Å². The number of benzene rings is 2. The molecule has 0 atom stereocenters. The van der Waals surface area contributed by atoms with Gasteiger partial charge in [-0.3, -0.25) is 0 Å². The fourth-order valence-electron chi connectivity index (χ4n) is 2.81. The average Bonchev–Trinajstić information content (AvgIpc) is 2.51. The van der Waals surface area contributed by atoms with Gasteiger partial charge in [-0.05, 0) is 18.2 Å². The first-order valence-electron chi connectivity index (χ1n) is 7.20. The lowest BCUT2D eigenvalue weighted by Crippen LogP contribution is -3.13. The molecule has 1 fully saturated rings. The number of hydrogen-bond acceptors (Lipinski definition) is 1. The highest BCUT2D eigenvalue weighted by molar-refractivity contribution is 9.10. The lowest BCUT2D eigenvalue weighted by Gasteiger charge is -2.33. The second kappa shape index (κ2) is 6.42. The fourth-order valence-corrected chi connectivity index (χ4v) is 3.23. The van der Waals surface area contributed by atoms with Crippen LogP contribution in [0.5, 0.6) is 0 Å². The first kappa shape index (κ1) is 13.7. The lowest BCUT2D eigenvalue weighted by molar-refractivity contribution is -0.914. The molecule has 1 saturated heterocycles. The van der Waals surface area contributed by atoms with Crippen LogP contribution in [0.15, 0.2) is 59.1 Å². The van der Waals surface area contributed by atoms with Gasteiger partial charge in [0.1, 0.15) is 6.54 Å². The molecule has 2 aromatic carbocycles. The number of piperazine rings is 1. The van der Waals surface area contributed by atoms with Gasteiger partial charge in [0.05, 0.1) is 26.2 Å². The normalized spacial score (nSPS) is 16.4. The van der Waals surface area contributed by atoms with Crippen LogP contribution in [-0.2, 0) is 6.54 Å². The van der Waals surface area contributed by atoms with Crippen molar-refractivity contribution in [3.05, 3.63) is 64.6 Å². The van der Waals surface area contributed by atoms with Crippen LogP contribution in [0.1, 0.15) is 5.56 Å². The van der Waals surface area contributed by atoms with E-state index in [4.69, 9.17) is 0 Å². The van der Waals surface area contributed by atoms with Crippen LogP contribution >= 0.6 is 15.9 Å². The predicted octanol–water partition coefficient (Wildman–Crippen LogP) is 2.35. The van der Waals surface area contributed by atoms with Gasteiger partial charge in [0.2, 0.25) is 0 Å². The topological polar surface area (TPSA) is 7.68 Å². The van der Waals surface area contributed by atoms with Gasteiger partial charge in [0.15, 0.2) is 0 Å². The third kappa shape index (κ3) is 3.22. The van der Waals surface area contributed by atoms with Crippen molar-refractivity contribution in [2.45, 2.75) is 6.54 Å². The molecule has 0 aliphatic carbocycles. The minimum Gasteiger partial charge on any atom is -0.360 e. The van der Waals surface area contributed by atoms with E-state index in [0.29, 0.717) is 0 Å². The summed E-state index contributed by atoms with van der Waals surface area (Å²) >= 11 is 3.65. The Balaban J connectivity index is 1.58. The van der Waals surface area contributed by atoms with Gasteiger partial charge in [-0.1, -0.05) is 52.3 Å². The summed E-state index contributed by atoms with van der Waals surface area (Å²) in [4.78, 5) is 4.16. The van der Waals surface area contributed by atoms with Crippen molar-refractivity contribution in [1.82, 2.24) is 0 Å². The molecular formula is C17H20BrN2+. The summed E-state index contributed by atoms with van der Waals surface area (Å²) in [5.41, 5.74) is 2.77. The van der Waals surface area contributed by atoms with Crippen molar-refractivity contribution in [2.75, 3.05) is 31.1 Å². The molecule has 3 heteroatoms. The smallest absolute Gasteiger partial charge is 0.104 e. The number of para-hydroxylation sites is 1. The van der Waals surface area contributed by atoms with E-state index < -0.39 is 0 Å². The van der Waals surface area contributed by atoms with Crippen LogP contribution in [0.4, 0.5) is 5.69 Å². The number of quaternary nitrogens is 1. The molecule has 104 valence electrons. The van der Waals surface area contributed by atoms with Crippen molar-refractivity contribution in [1.29, 1.82) is 0 Å². The van der Waals surface area contributed by atoms with E-state index in [-0.39, 0.29) is 0 Å². The van der Waals surface area contributed by atoms with Gasteiger partial charge in [-0.15, -0.1) is 0 Å². The molecule has 20 heavy (non-hydrogen) atoms. The minimum atomic E-state index is 1.12. The largest absolute Gasteiger partial charge is 0.360 e. The molecule has 1 aliphatic heterocycles. The van der Waals surface area contributed by atoms with E-state index in [1.54, 1.807) is 4.90 Å². The van der Waals surface area contributed by atoms with Gasteiger partial charge in [-0.25, -0.2) is 0 Å². The van der Waals surface area contributed by atoms with Crippen molar-refractivity contribution in [3.8, 4) is 0 Å². The maximum Gasteiger partial charge on any atom is 0.104 e. The fraction of sp³-hybridized carbons (Fsp3) is 0.294. The van der Waals surface area contributed by atoms with Crippen LogP contribution in [0.2, 0.25) is 0 Å². The molecule has 2 aromatic rings. The van der Waals surface area contributed by atoms with Gasteiger partial charge in [0.25, 0.3) is 0 Å². The SMILES string of the molecule is Brc1ccccc1C[NH+]1CCN(c2ccccc2)CC1. The maximum absolute atomic E-state index is 3.65. The van der Waals surface area contributed by atoms with E-state index in [1.165, 1.54) is 28.8 Å². The number of nitrogens with zero attached hydrogens (tertiary/aromatic N) is 1. The van der Waals surface area contributed by atoms with E-state index in [1.807, 2.05) is 0 Å². The Morgan fingerprint density at radius 2 is 1.55 bits per heavy atom. The molecule has 0 amide bonds. The zero-order chi connectivity index (χ0) is 13.8. The molecule has 0 aromatic heterocycles. The van der Waals surface area contributed by atoms with Gasteiger partial charge in [-0.2, -0.15) is 0 Å². The Labute approximate surface area is 129 Å². The highest BCUT2D eigenvalue weighted by atomic mass is 79.9. The molecule has 2 nitrogen and oxygen atoms in total. The summed E-state index contributed by atoms with van der Waals surface area (Å²) in [5.74, 6) is 0. The van der Waals surface area contributed by atoms with E-state index in [0.717, 1.165) is 19.6 Å². The zero-order valence-electron chi connectivity index (χ0n) is 11.6. The first-order valence-corrected chi connectivity index (χ1v) is 7.99. The Kier molecular flexibility index (Phi) is 4.38. The molecule has 0 unspecified atom stereocenters. The highest BCUT2D eigenvalue weighted by Crippen LogP contribution is 2.15. The van der Waals surface area contributed by atoms with Crippen molar-refractivity contribution in [3.63, 3.8) is 0 Å². The van der Waals surface area contributed by atoms with Crippen LogP contribution < -0.4 is 9.80 Å². The molecule has 0 bridgehead atoms. The zero-order valence-corrected chi connectivity index (χ0v) is 13.1. The quantitative estimate of drug-likeness (QED) is 0.907. The molecular weight excluding hydrogens is 312 g/mol. The Morgan fingerprint density at radius 1 is 0.900 bits per heavy atom. The number of halogens is 1. The maximum atomic E-state index is 3.65. The average molecular weight is 332 g/mol. The molecule has 1 heterocycles. The van der Waals surface area contributed by atoms with E-state index >= 15 is 0 Å². The second-order valence-electron chi connectivity index (χ2n) is 5.34. The van der Waals surface area contributed by atoms with Gasteiger partial charge >= 0.3 is 0 Å². The Bertz CT molecular complexity index is 548. The van der Waals surface area contributed by atoms with Crippen molar-refractivity contribution >= 4 is 21.6 Å². The van der Waals surface area contributed by atoms with Crippen LogP contribution in [0, 0.1) is 0 Å². The lowest BCUT2D eigenvalue weighted by atomic mass is 10.2. The Morgan fingerprint density at radius 3 is 2.25 bits per heavy atom. The summed E-state index contributed by atoms with van der Waals surface area (Å²) in [7, 11) is 0. The molecule has 3 rings (SSSR count). The number of nitrogens with one attached hydrogen (secondary N) is 1. The summed E-state index contributed by atoms with van der Waals surface area (Å²) in [6.07, 6.45) is 0. The van der Waals surface area contributed by atoms with Crippen molar-refractivity contribution in [2.24, 2.45) is 0 Å². The third-order valence-electron chi connectivity index (χ3n) is 3.99. The molecule has 1 N–H and O–H groups in total. The summed E-state index contributed by atoms with van der Waals surface area (Å²) in [6, 6.07) is 19.3. The highest BCUT2D eigenvalue weighted by Gasteiger charge is 2.20. The molecule has 0 radical (unpaired) electrons. The molecule has 1 aliphatic rings. The minimum absolute atomic E-state index is 1.12. The van der Waals surface area contributed by atoms with Crippen LogP contribution in [0.25, 0.3) is 0 Å². The van der Waals surface area contributed by atoms with Gasteiger partial charge in [0, 0.05) is 15.7 Å². The monoisotopic (exact) mass is 331 g/mol. The van der Waals surface area contributed by atoms with Crippen LogP contribution in [0.3, 0.4) is 0 Å². The van der Waals surface area contributed by atoms with Crippen molar-refractivity contribution < 1.29 is 4.90 Å². The van der Waals surface area contributed by atoms with Gasteiger partial charge < -0.3 is 9.80 Å². The second-order valence-corrected chi connectivity index (χ2v) is 6.20. The first-order chi connectivity index (χ1) is 9.83. The Hall–Kier alpha value is -1.32. The van der Waals surface area contributed by atoms with Crippen LogP contribution in [-0.4, -0.2) is 26.2 Å². The summed E-state index contributed by atoms with van der Waals surface area (Å²) in [5, 5.41) is 0. The van der Waals surface area contributed by atoms with E-state index in [2.05, 4.69) is 75.4 Å². The molecule has 0 saturated carbocycles. The predicted molar refractivity (Wildman–Crippen MR) is 87.2 cm³/mol. The number of anilines is 1.